The van der Waals surface area contributed by atoms with Crippen LogP contribution >= 0.6 is 11.3 Å². The zero-order valence-electron chi connectivity index (χ0n) is 13.5. The highest BCUT2D eigenvalue weighted by Crippen LogP contribution is 2.41. The van der Waals surface area contributed by atoms with Gasteiger partial charge in [0.1, 0.15) is 4.21 Å². The fraction of sp³-hybridized carbons (Fsp3) is 0.444. The van der Waals surface area contributed by atoms with Gasteiger partial charge in [-0.3, -0.25) is 0 Å². The SMILES string of the molecule is O=S(=O)(c1cccs1)N1CCC(N[C@H]2C[C@@H]2c2ccccc2)CC1. The third-order valence-electron chi connectivity index (χ3n) is 5.01. The van der Waals surface area contributed by atoms with E-state index in [0.717, 1.165) is 12.8 Å². The molecule has 4 rings (SSSR count). The zero-order chi connectivity index (χ0) is 16.6. The standard InChI is InChI=1S/C18H22N2O2S2/c21-24(22,18-7-4-12-23-18)20-10-8-15(9-11-20)19-17-13-16(17)14-5-2-1-3-6-14/h1-7,12,15-17,19H,8-11,13H2/t16-,17+/m1/s1. The molecule has 0 amide bonds. The highest BCUT2D eigenvalue weighted by molar-refractivity contribution is 7.91. The quantitative estimate of drug-likeness (QED) is 0.889. The molecule has 1 aliphatic heterocycles. The molecule has 2 heterocycles. The minimum atomic E-state index is -3.28. The Hall–Kier alpha value is -1.21. The minimum Gasteiger partial charge on any atom is -0.310 e. The highest BCUT2D eigenvalue weighted by Gasteiger charge is 2.40. The molecular formula is C18H22N2O2S2. The van der Waals surface area contributed by atoms with Gasteiger partial charge in [-0.15, -0.1) is 11.3 Å². The summed E-state index contributed by atoms with van der Waals surface area (Å²) in [5.41, 5.74) is 1.41. The van der Waals surface area contributed by atoms with Crippen LogP contribution in [0.3, 0.4) is 0 Å². The lowest BCUT2D eigenvalue weighted by atomic mass is 10.1. The molecule has 1 saturated carbocycles. The van der Waals surface area contributed by atoms with Crippen LogP contribution in [0.5, 0.6) is 0 Å². The fourth-order valence-electron chi connectivity index (χ4n) is 3.55. The first-order chi connectivity index (χ1) is 11.6. The molecule has 1 saturated heterocycles. The van der Waals surface area contributed by atoms with Gasteiger partial charge < -0.3 is 5.32 Å². The summed E-state index contributed by atoms with van der Waals surface area (Å²) in [6, 6.07) is 15.1. The number of sulfonamides is 1. The predicted octanol–water partition coefficient (Wildman–Crippen LogP) is 3.05. The summed E-state index contributed by atoms with van der Waals surface area (Å²) in [7, 11) is -3.28. The van der Waals surface area contributed by atoms with E-state index < -0.39 is 10.0 Å². The van der Waals surface area contributed by atoms with E-state index in [9.17, 15) is 8.42 Å². The predicted molar refractivity (Wildman–Crippen MR) is 96.8 cm³/mol. The number of nitrogens with zero attached hydrogens (tertiary/aromatic N) is 1. The van der Waals surface area contributed by atoms with Gasteiger partial charge in [-0.25, -0.2) is 8.42 Å². The van der Waals surface area contributed by atoms with E-state index in [-0.39, 0.29) is 0 Å². The number of hydrogen-bond acceptors (Lipinski definition) is 4. The van der Waals surface area contributed by atoms with E-state index in [2.05, 4.69) is 35.6 Å². The lowest BCUT2D eigenvalue weighted by Gasteiger charge is -2.31. The van der Waals surface area contributed by atoms with E-state index in [1.165, 1.54) is 23.3 Å². The van der Waals surface area contributed by atoms with Gasteiger partial charge >= 0.3 is 0 Å². The van der Waals surface area contributed by atoms with Crippen LogP contribution in [-0.4, -0.2) is 37.9 Å². The number of benzene rings is 1. The van der Waals surface area contributed by atoms with Crippen molar-refractivity contribution in [2.24, 2.45) is 0 Å². The highest BCUT2D eigenvalue weighted by atomic mass is 32.2. The van der Waals surface area contributed by atoms with Crippen molar-refractivity contribution >= 4 is 21.4 Å². The smallest absolute Gasteiger partial charge is 0.252 e. The number of thiophene rings is 1. The van der Waals surface area contributed by atoms with E-state index in [0.29, 0.717) is 35.3 Å². The normalized spacial score (nSPS) is 25.7. The van der Waals surface area contributed by atoms with Crippen molar-refractivity contribution in [3.8, 4) is 0 Å². The molecule has 0 bridgehead atoms. The van der Waals surface area contributed by atoms with E-state index in [4.69, 9.17) is 0 Å². The van der Waals surface area contributed by atoms with Gasteiger partial charge in [0.2, 0.25) is 0 Å². The summed E-state index contributed by atoms with van der Waals surface area (Å²) < 4.78 is 27.2. The van der Waals surface area contributed by atoms with Crippen LogP contribution in [0.4, 0.5) is 0 Å². The molecule has 4 nitrogen and oxygen atoms in total. The molecule has 0 unspecified atom stereocenters. The number of piperidine rings is 1. The van der Waals surface area contributed by atoms with Crippen LogP contribution in [0.2, 0.25) is 0 Å². The third kappa shape index (κ3) is 3.28. The molecule has 0 spiro atoms. The zero-order valence-corrected chi connectivity index (χ0v) is 15.1. The van der Waals surface area contributed by atoms with Crippen LogP contribution in [0.1, 0.15) is 30.7 Å². The Morgan fingerprint density at radius 2 is 1.79 bits per heavy atom. The van der Waals surface area contributed by atoms with Crippen molar-refractivity contribution in [3.63, 3.8) is 0 Å². The van der Waals surface area contributed by atoms with Crippen molar-refractivity contribution in [2.45, 2.75) is 41.5 Å². The Bertz CT molecular complexity index is 767. The number of nitrogens with one attached hydrogen (secondary N) is 1. The second kappa shape index (κ2) is 6.59. The molecule has 1 aromatic heterocycles. The maximum absolute atomic E-state index is 12.5. The molecular weight excluding hydrogens is 340 g/mol. The van der Waals surface area contributed by atoms with Gasteiger partial charge in [-0.1, -0.05) is 36.4 Å². The Morgan fingerprint density at radius 3 is 2.46 bits per heavy atom. The Labute approximate surface area is 147 Å². The first-order valence-corrected chi connectivity index (χ1v) is 10.8. The molecule has 1 aliphatic carbocycles. The van der Waals surface area contributed by atoms with Gasteiger partial charge in [-0.2, -0.15) is 4.31 Å². The van der Waals surface area contributed by atoms with Crippen LogP contribution in [0, 0.1) is 0 Å². The maximum atomic E-state index is 12.5. The summed E-state index contributed by atoms with van der Waals surface area (Å²) in [5, 5.41) is 5.55. The molecule has 1 aromatic carbocycles. The van der Waals surface area contributed by atoms with Crippen molar-refractivity contribution in [3.05, 3.63) is 53.4 Å². The average molecular weight is 363 g/mol. The largest absolute Gasteiger partial charge is 0.310 e. The fourth-order valence-corrected chi connectivity index (χ4v) is 6.17. The summed E-state index contributed by atoms with van der Waals surface area (Å²) in [5.74, 6) is 0.624. The molecule has 2 fully saturated rings. The molecule has 2 atom stereocenters. The van der Waals surface area contributed by atoms with Crippen LogP contribution in [0.15, 0.2) is 52.1 Å². The Kier molecular flexibility index (Phi) is 4.47. The first-order valence-electron chi connectivity index (χ1n) is 8.49. The summed E-state index contributed by atoms with van der Waals surface area (Å²) in [6.45, 7) is 1.22. The van der Waals surface area contributed by atoms with E-state index >= 15 is 0 Å². The van der Waals surface area contributed by atoms with Crippen LogP contribution < -0.4 is 5.32 Å². The number of hydrogen-bond donors (Lipinski definition) is 1. The maximum Gasteiger partial charge on any atom is 0.252 e. The van der Waals surface area contributed by atoms with Crippen molar-refractivity contribution in [1.29, 1.82) is 0 Å². The van der Waals surface area contributed by atoms with Gasteiger partial charge in [0.25, 0.3) is 10.0 Å². The van der Waals surface area contributed by atoms with E-state index in [1.54, 1.807) is 16.4 Å². The van der Waals surface area contributed by atoms with Gasteiger partial charge in [-0.05, 0) is 36.3 Å². The average Bonchev–Trinajstić information content (AvgIpc) is 3.14. The molecule has 6 heteroatoms. The summed E-state index contributed by atoms with van der Waals surface area (Å²) in [6.07, 6.45) is 2.98. The molecule has 0 radical (unpaired) electrons. The first kappa shape index (κ1) is 16.3. The van der Waals surface area contributed by atoms with Crippen molar-refractivity contribution in [1.82, 2.24) is 9.62 Å². The second-order valence-corrected chi connectivity index (χ2v) is 9.75. The Morgan fingerprint density at radius 1 is 1.04 bits per heavy atom. The lowest BCUT2D eigenvalue weighted by Crippen LogP contribution is -2.45. The van der Waals surface area contributed by atoms with E-state index in [1.807, 2.05) is 5.38 Å². The Balaban J connectivity index is 1.30. The topological polar surface area (TPSA) is 49.4 Å². The summed E-state index contributed by atoms with van der Waals surface area (Å²) in [4.78, 5) is 0. The van der Waals surface area contributed by atoms with Crippen molar-refractivity contribution in [2.75, 3.05) is 13.1 Å². The molecule has 128 valence electrons. The molecule has 2 aromatic rings. The monoisotopic (exact) mass is 362 g/mol. The van der Waals surface area contributed by atoms with Crippen molar-refractivity contribution < 1.29 is 8.42 Å². The molecule has 2 aliphatic rings. The number of rotatable bonds is 5. The summed E-state index contributed by atoms with van der Waals surface area (Å²) >= 11 is 1.30. The van der Waals surface area contributed by atoms with Crippen LogP contribution in [-0.2, 0) is 10.0 Å². The van der Waals surface area contributed by atoms with Gasteiger partial charge in [0, 0.05) is 31.1 Å². The second-order valence-electron chi connectivity index (χ2n) is 6.64. The molecule has 24 heavy (non-hydrogen) atoms. The third-order valence-corrected chi connectivity index (χ3v) is 8.28. The van der Waals surface area contributed by atoms with Gasteiger partial charge in [0.15, 0.2) is 0 Å². The van der Waals surface area contributed by atoms with Gasteiger partial charge in [0.05, 0.1) is 0 Å². The lowest BCUT2D eigenvalue weighted by molar-refractivity contribution is 0.288. The minimum absolute atomic E-state index is 0.429. The molecule has 1 N–H and O–H groups in total. The van der Waals surface area contributed by atoms with Crippen LogP contribution in [0.25, 0.3) is 0 Å².